The molecule has 0 radical (unpaired) electrons. The Morgan fingerprint density at radius 3 is 2.57 bits per heavy atom. The molecule has 236 valence electrons. The van der Waals surface area contributed by atoms with Crippen molar-refractivity contribution in [3.8, 4) is 5.75 Å². The summed E-state index contributed by atoms with van der Waals surface area (Å²) in [5.74, 6) is -0.524. The summed E-state index contributed by atoms with van der Waals surface area (Å²) in [6, 6.07) is 19.2. The number of rotatable bonds is 9. The number of carbonyl (C=O) groups excluding carboxylic acids is 3. The fourth-order valence-corrected chi connectivity index (χ4v) is 7.00. The quantitative estimate of drug-likeness (QED) is 0.158. The van der Waals surface area contributed by atoms with Crippen LogP contribution in [0.25, 0.3) is 10.1 Å². The van der Waals surface area contributed by atoms with Gasteiger partial charge in [-0.3, -0.25) is 19.7 Å². The zero-order valence-electron chi connectivity index (χ0n) is 24.8. The number of nitro benzene ring substituents is 1. The maximum atomic E-state index is 14.3. The Morgan fingerprint density at radius 1 is 1.09 bits per heavy atom. The molecule has 0 aliphatic carbocycles. The van der Waals surface area contributed by atoms with Crippen molar-refractivity contribution in [2.24, 2.45) is 0 Å². The first-order valence-electron chi connectivity index (χ1n) is 14.7. The molecule has 1 unspecified atom stereocenters. The molecule has 4 amide bonds. The predicted molar refractivity (Wildman–Crippen MR) is 172 cm³/mol. The number of phenols is 1. The molecule has 4 aromatic rings. The van der Waals surface area contributed by atoms with E-state index in [1.807, 2.05) is 35.7 Å². The number of aromatic hydroxyl groups is 1. The molecule has 3 aromatic carbocycles. The van der Waals surface area contributed by atoms with Crippen LogP contribution in [-0.4, -0.2) is 79.5 Å². The molecule has 2 atom stereocenters. The number of non-ortho nitro benzene ring substituents is 1. The van der Waals surface area contributed by atoms with Gasteiger partial charge in [-0.05, 0) is 40.3 Å². The fourth-order valence-electron chi connectivity index (χ4n) is 6.06. The van der Waals surface area contributed by atoms with E-state index in [-0.39, 0.29) is 62.4 Å². The highest BCUT2D eigenvalue weighted by Gasteiger charge is 2.51. The number of fused-ring (bicyclic) bond motifs is 2. The van der Waals surface area contributed by atoms with Gasteiger partial charge in [-0.15, -0.1) is 17.9 Å². The fraction of sp³-hybridized carbons (Fsp3) is 0.242. The smallest absolute Gasteiger partial charge is 0.334 e. The van der Waals surface area contributed by atoms with Gasteiger partial charge in [0.05, 0.1) is 18.0 Å². The number of carbonyl (C=O) groups is 3. The number of hydrogen-bond donors (Lipinski definition) is 2. The molecule has 1 aromatic heterocycles. The zero-order chi connectivity index (χ0) is 32.4. The lowest BCUT2D eigenvalue weighted by Crippen LogP contribution is -2.76. The number of hydrazine groups is 1. The van der Waals surface area contributed by atoms with Crippen LogP contribution in [0, 0.1) is 10.1 Å². The topological polar surface area (TPSA) is 140 Å². The summed E-state index contributed by atoms with van der Waals surface area (Å²) in [7, 11) is 0. The van der Waals surface area contributed by atoms with Crippen molar-refractivity contribution in [1.29, 1.82) is 0 Å². The molecule has 2 aliphatic rings. The van der Waals surface area contributed by atoms with E-state index in [0.29, 0.717) is 5.39 Å². The standard InChI is InChI=1S/C33H32N6O6S/c1-2-14-36-20-31(41)37-28(15-22-8-11-26(40)12-9-22)32(42)35(18-24-21-46-29-13-10-25(39(44)45)16-27(24)29)19-30(37)38(36)33(43)34-17-23-6-4-3-5-7-23/h2-13,16,21,28,30,40H,1,14-15,17-20H2,(H,34,43)/t28-,30?/m0/s1. The Balaban J connectivity index is 1.37. The molecule has 0 bridgehead atoms. The SMILES string of the molecule is C=CCN1CC(=O)N2C(CN(Cc3csc4ccc([N+](=O)[O-])cc34)C(=O)[C@@H]2Cc2ccc(O)cc2)N1C(=O)NCc1ccccc1. The van der Waals surface area contributed by atoms with Crippen LogP contribution >= 0.6 is 11.3 Å². The molecular formula is C33H32N6O6S. The van der Waals surface area contributed by atoms with Gasteiger partial charge in [-0.1, -0.05) is 48.5 Å². The van der Waals surface area contributed by atoms with E-state index in [2.05, 4.69) is 11.9 Å². The Hall–Kier alpha value is -5.27. The maximum absolute atomic E-state index is 14.3. The van der Waals surface area contributed by atoms with Gasteiger partial charge in [0.1, 0.15) is 18.0 Å². The summed E-state index contributed by atoms with van der Waals surface area (Å²) in [5, 5.41) is 30.0. The van der Waals surface area contributed by atoms with Crippen molar-refractivity contribution in [2.75, 3.05) is 19.6 Å². The van der Waals surface area contributed by atoms with E-state index < -0.39 is 23.2 Å². The lowest BCUT2D eigenvalue weighted by Gasteiger charge is -2.55. The number of nitrogens with one attached hydrogen (secondary N) is 1. The number of nitrogens with zero attached hydrogens (tertiary/aromatic N) is 5. The van der Waals surface area contributed by atoms with Crippen molar-refractivity contribution in [2.45, 2.75) is 31.7 Å². The van der Waals surface area contributed by atoms with Crippen LogP contribution in [0.5, 0.6) is 5.75 Å². The number of thiophene rings is 1. The maximum Gasteiger partial charge on any atom is 0.334 e. The summed E-state index contributed by atoms with van der Waals surface area (Å²) in [6.45, 7) is 4.33. The molecule has 0 spiro atoms. The third kappa shape index (κ3) is 6.14. The minimum Gasteiger partial charge on any atom is -0.508 e. The highest BCUT2D eigenvalue weighted by molar-refractivity contribution is 7.17. The molecule has 3 heterocycles. The van der Waals surface area contributed by atoms with Gasteiger partial charge in [0.15, 0.2) is 0 Å². The number of amides is 4. The zero-order valence-corrected chi connectivity index (χ0v) is 25.6. The molecule has 46 heavy (non-hydrogen) atoms. The van der Waals surface area contributed by atoms with E-state index >= 15 is 0 Å². The predicted octanol–water partition coefficient (Wildman–Crippen LogP) is 4.25. The third-order valence-electron chi connectivity index (χ3n) is 8.24. The second kappa shape index (κ2) is 13.0. The summed E-state index contributed by atoms with van der Waals surface area (Å²) in [5.41, 5.74) is 2.32. The first-order chi connectivity index (χ1) is 22.2. The molecule has 2 aliphatic heterocycles. The first kappa shape index (κ1) is 30.7. The molecule has 6 rings (SSSR count). The minimum absolute atomic E-state index is 0.0231. The summed E-state index contributed by atoms with van der Waals surface area (Å²) < 4.78 is 0.847. The summed E-state index contributed by atoms with van der Waals surface area (Å²) in [6.07, 6.45) is 0.940. The van der Waals surface area contributed by atoms with Gasteiger partial charge in [0.25, 0.3) is 5.69 Å². The van der Waals surface area contributed by atoms with Crippen molar-refractivity contribution < 1.29 is 24.4 Å². The van der Waals surface area contributed by atoms with Crippen molar-refractivity contribution >= 4 is 45.0 Å². The monoisotopic (exact) mass is 640 g/mol. The Labute approximate surface area is 268 Å². The molecule has 12 nitrogen and oxygen atoms in total. The van der Waals surface area contributed by atoms with Gasteiger partial charge in [0.2, 0.25) is 11.8 Å². The molecule has 2 N–H and O–H groups in total. The Bertz CT molecular complexity index is 1800. The molecule has 2 fully saturated rings. The van der Waals surface area contributed by atoms with Crippen LogP contribution in [0.3, 0.4) is 0 Å². The molecule has 2 saturated heterocycles. The van der Waals surface area contributed by atoms with Crippen LogP contribution in [0.4, 0.5) is 10.5 Å². The average molecular weight is 641 g/mol. The number of nitro groups is 1. The largest absolute Gasteiger partial charge is 0.508 e. The van der Waals surface area contributed by atoms with E-state index in [0.717, 1.165) is 21.4 Å². The molecule has 0 saturated carbocycles. The number of phenolic OH excluding ortho intramolecular Hbond substituents is 1. The number of piperazine rings is 1. The van der Waals surface area contributed by atoms with Crippen molar-refractivity contribution in [1.82, 2.24) is 25.1 Å². The van der Waals surface area contributed by atoms with E-state index in [1.165, 1.54) is 45.5 Å². The molecular weight excluding hydrogens is 608 g/mol. The van der Waals surface area contributed by atoms with Gasteiger partial charge in [0, 0.05) is 48.3 Å². The Kier molecular flexibility index (Phi) is 8.68. The Morgan fingerprint density at radius 2 is 1.85 bits per heavy atom. The van der Waals surface area contributed by atoms with Gasteiger partial charge in [-0.25, -0.2) is 14.8 Å². The van der Waals surface area contributed by atoms with Crippen molar-refractivity contribution in [3.63, 3.8) is 0 Å². The van der Waals surface area contributed by atoms with E-state index in [9.17, 15) is 29.6 Å². The minimum atomic E-state index is -0.940. The molecule has 13 heteroatoms. The van der Waals surface area contributed by atoms with Gasteiger partial charge >= 0.3 is 6.03 Å². The van der Waals surface area contributed by atoms with E-state index in [4.69, 9.17) is 0 Å². The lowest BCUT2D eigenvalue weighted by molar-refractivity contribution is -0.384. The first-order valence-corrected chi connectivity index (χ1v) is 15.6. The number of benzene rings is 3. The number of hydrogen-bond acceptors (Lipinski definition) is 8. The second-order valence-electron chi connectivity index (χ2n) is 11.2. The number of urea groups is 1. The van der Waals surface area contributed by atoms with Crippen LogP contribution in [0.2, 0.25) is 0 Å². The normalized spacial score (nSPS) is 18.5. The van der Waals surface area contributed by atoms with Crippen LogP contribution in [0.1, 0.15) is 16.7 Å². The van der Waals surface area contributed by atoms with Gasteiger partial charge in [-0.2, -0.15) is 0 Å². The van der Waals surface area contributed by atoms with E-state index in [1.54, 1.807) is 34.2 Å². The third-order valence-corrected chi connectivity index (χ3v) is 9.25. The summed E-state index contributed by atoms with van der Waals surface area (Å²) in [4.78, 5) is 56.1. The second-order valence-corrected chi connectivity index (χ2v) is 12.1. The highest BCUT2D eigenvalue weighted by Crippen LogP contribution is 2.33. The van der Waals surface area contributed by atoms with Crippen molar-refractivity contribution in [3.05, 3.63) is 118 Å². The average Bonchev–Trinajstić information content (AvgIpc) is 3.45. The van der Waals surface area contributed by atoms with Crippen LogP contribution < -0.4 is 5.32 Å². The lowest BCUT2D eigenvalue weighted by atomic mass is 9.98. The van der Waals surface area contributed by atoms with Crippen LogP contribution in [0.15, 0.2) is 90.8 Å². The van der Waals surface area contributed by atoms with Gasteiger partial charge < -0.3 is 20.2 Å². The summed E-state index contributed by atoms with van der Waals surface area (Å²) >= 11 is 1.43. The van der Waals surface area contributed by atoms with Crippen LogP contribution in [-0.2, 0) is 29.1 Å². The highest BCUT2D eigenvalue weighted by atomic mass is 32.1.